The second kappa shape index (κ2) is 6.72. The van der Waals surface area contributed by atoms with Crippen LogP contribution in [-0.2, 0) is 16.0 Å². The predicted molar refractivity (Wildman–Crippen MR) is 76.4 cm³/mol. The van der Waals surface area contributed by atoms with E-state index in [1.807, 2.05) is 6.92 Å². The van der Waals surface area contributed by atoms with Gasteiger partial charge in [-0.05, 0) is 43.9 Å². The predicted octanol–water partition coefficient (Wildman–Crippen LogP) is 0.946. The summed E-state index contributed by atoms with van der Waals surface area (Å²) in [5.74, 6) is 0.0835. The first-order chi connectivity index (χ1) is 9.54. The van der Waals surface area contributed by atoms with Crippen molar-refractivity contribution >= 4 is 5.91 Å². The summed E-state index contributed by atoms with van der Waals surface area (Å²) in [5.41, 5.74) is 6.87. The van der Waals surface area contributed by atoms with Crippen LogP contribution in [0.5, 0.6) is 5.75 Å². The van der Waals surface area contributed by atoms with Crippen LogP contribution in [0.4, 0.5) is 0 Å². The molecule has 5 nitrogen and oxygen atoms in total. The molecular formula is C15H22N2O3. The van der Waals surface area contributed by atoms with Gasteiger partial charge in [0.25, 0.3) is 0 Å². The molecule has 20 heavy (non-hydrogen) atoms. The fourth-order valence-electron chi connectivity index (χ4n) is 2.42. The van der Waals surface area contributed by atoms with Crippen molar-refractivity contribution in [1.82, 2.24) is 5.32 Å². The highest BCUT2D eigenvalue weighted by Gasteiger charge is 2.23. The van der Waals surface area contributed by atoms with Crippen molar-refractivity contribution in [2.24, 2.45) is 5.73 Å². The molecule has 1 aliphatic heterocycles. The van der Waals surface area contributed by atoms with Crippen molar-refractivity contribution in [1.29, 1.82) is 0 Å². The summed E-state index contributed by atoms with van der Waals surface area (Å²) in [6, 6.07) is 6.33. The zero-order valence-corrected chi connectivity index (χ0v) is 11.7. The number of nitrogens with two attached hydrogens (primary N) is 1. The first kappa shape index (κ1) is 14.8. The first-order valence-corrected chi connectivity index (χ1v) is 7.00. The van der Waals surface area contributed by atoms with E-state index in [1.54, 1.807) is 24.3 Å². The molecule has 1 fully saturated rings. The van der Waals surface area contributed by atoms with Crippen LogP contribution in [0.1, 0.15) is 25.3 Å². The van der Waals surface area contributed by atoms with E-state index >= 15 is 0 Å². The number of ether oxygens (including phenoxy) is 1. The van der Waals surface area contributed by atoms with Gasteiger partial charge in [0.1, 0.15) is 5.75 Å². The van der Waals surface area contributed by atoms with Crippen LogP contribution in [0.25, 0.3) is 0 Å². The van der Waals surface area contributed by atoms with Crippen molar-refractivity contribution in [2.45, 2.75) is 44.4 Å². The summed E-state index contributed by atoms with van der Waals surface area (Å²) in [6.07, 6.45) is 2.31. The number of benzene rings is 1. The Bertz CT molecular complexity index is 447. The van der Waals surface area contributed by atoms with E-state index in [4.69, 9.17) is 10.5 Å². The standard InChI is InChI=1S/C15H22N2O3/c1-10-8-12(6-7-20-10)17-15(19)14(16)9-11-2-4-13(18)5-3-11/h2-5,10,12,14,18H,6-9,16H2,1H3,(H,17,19)/t10?,12?,14-/m1/s1. The van der Waals surface area contributed by atoms with E-state index in [1.165, 1.54) is 0 Å². The number of phenols is 1. The number of nitrogens with one attached hydrogen (secondary N) is 1. The molecule has 2 rings (SSSR count). The number of carbonyl (C=O) groups excluding carboxylic acids is 1. The molecule has 4 N–H and O–H groups in total. The van der Waals surface area contributed by atoms with E-state index in [0.29, 0.717) is 13.0 Å². The Hall–Kier alpha value is -1.59. The minimum Gasteiger partial charge on any atom is -0.508 e. The average Bonchev–Trinajstić information content (AvgIpc) is 2.41. The van der Waals surface area contributed by atoms with E-state index in [2.05, 4.69) is 5.32 Å². The van der Waals surface area contributed by atoms with Gasteiger partial charge in [-0.1, -0.05) is 12.1 Å². The second-order valence-corrected chi connectivity index (χ2v) is 5.39. The summed E-state index contributed by atoms with van der Waals surface area (Å²) in [7, 11) is 0. The summed E-state index contributed by atoms with van der Waals surface area (Å²) >= 11 is 0. The lowest BCUT2D eigenvalue weighted by atomic mass is 10.0. The number of hydrogen-bond donors (Lipinski definition) is 3. The number of phenolic OH excluding ortho intramolecular Hbond substituents is 1. The van der Waals surface area contributed by atoms with Gasteiger partial charge in [0.05, 0.1) is 12.1 Å². The van der Waals surface area contributed by atoms with E-state index in [0.717, 1.165) is 18.4 Å². The summed E-state index contributed by atoms with van der Waals surface area (Å²) in [5, 5.41) is 12.2. The van der Waals surface area contributed by atoms with Crippen molar-refractivity contribution in [3.05, 3.63) is 29.8 Å². The highest BCUT2D eigenvalue weighted by atomic mass is 16.5. The second-order valence-electron chi connectivity index (χ2n) is 5.39. The van der Waals surface area contributed by atoms with E-state index < -0.39 is 6.04 Å². The lowest BCUT2D eigenvalue weighted by Crippen LogP contribution is -2.48. The molecule has 3 atom stereocenters. The van der Waals surface area contributed by atoms with Gasteiger partial charge in [0.2, 0.25) is 5.91 Å². The lowest BCUT2D eigenvalue weighted by Gasteiger charge is -2.28. The van der Waals surface area contributed by atoms with Gasteiger partial charge in [-0.15, -0.1) is 0 Å². The molecule has 2 unspecified atom stereocenters. The largest absolute Gasteiger partial charge is 0.508 e. The van der Waals surface area contributed by atoms with Gasteiger partial charge in [-0.2, -0.15) is 0 Å². The first-order valence-electron chi connectivity index (χ1n) is 7.00. The maximum absolute atomic E-state index is 12.1. The molecule has 1 heterocycles. The Kier molecular flexibility index (Phi) is 4.98. The third-order valence-corrected chi connectivity index (χ3v) is 3.56. The maximum atomic E-state index is 12.1. The van der Waals surface area contributed by atoms with Gasteiger partial charge in [0, 0.05) is 12.6 Å². The lowest BCUT2D eigenvalue weighted by molar-refractivity contribution is -0.124. The molecule has 0 aromatic heterocycles. The Balaban J connectivity index is 1.83. The highest BCUT2D eigenvalue weighted by Crippen LogP contribution is 2.14. The third kappa shape index (κ3) is 4.21. The molecule has 110 valence electrons. The average molecular weight is 278 g/mol. The van der Waals surface area contributed by atoms with Crippen LogP contribution in [0.2, 0.25) is 0 Å². The summed E-state index contributed by atoms with van der Waals surface area (Å²) in [6.45, 7) is 2.69. The SMILES string of the molecule is CC1CC(NC(=O)[C@H](N)Cc2ccc(O)cc2)CCO1. The fourth-order valence-corrected chi connectivity index (χ4v) is 2.42. The number of carbonyl (C=O) groups is 1. The van der Waals surface area contributed by atoms with Crippen LogP contribution >= 0.6 is 0 Å². The van der Waals surface area contributed by atoms with Gasteiger partial charge in [-0.25, -0.2) is 0 Å². The van der Waals surface area contributed by atoms with Crippen molar-refractivity contribution < 1.29 is 14.6 Å². The minimum atomic E-state index is -0.572. The Labute approximate surface area is 119 Å². The van der Waals surface area contributed by atoms with E-state index in [9.17, 15) is 9.90 Å². The zero-order chi connectivity index (χ0) is 14.5. The fraction of sp³-hybridized carbons (Fsp3) is 0.533. The minimum absolute atomic E-state index is 0.128. The van der Waals surface area contributed by atoms with Crippen LogP contribution in [0.3, 0.4) is 0 Å². The number of rotatable bonds is 4. The molecule has 1 aromatic carbocycles. The van der Waals surface area contributed by atoms with Crippen LogP contribution < -0.4 is 11.1 Å². The molecular weight excluding hydrogens is 256 g/mol. The maximum Gasteiger partial charge on any atom is 0.237 e. The van der Waals surface area contributed by atoms with Gasteiger partial charge >= 0.3 is 0 Å². The Morgan fingerprint density at radius 3 is 2.85 bits per heavy atom. The molecule has 0 radical (unpaired) electrons. The molecule has 1 aliphatic rings. The molecule has 1 saturated heterocycles. The topological polar surface area (TPSA) is 84.6 Å². The van der Waals surface area contributed by atoms with Gasteiger partial charge in [0.15, 0.2) is 0 Å². The van der Waals surface area contributed by atoms with Crippen molar-refractivity contribution in [3.8, 4) is 5.75 Å². The van der Waals surface area contributed by atoms with Crippen LogP contribution in [-0.4, -0.2) is 35.8 Å². The monoisotopic (exact) mass is 278 g/mol. The number of hydrogen-bond acceptors (Lipinski definition) is 4. The van der Waals surface area contributed by atoms with Gasteiger partial charge < -0.3 is 20.9 Å². The summed E-state index contributed by atoms with van der Waals surface area (Å²) < 4.78 is 5.45. The Morgan fingerprint density at radius 1 is 1.50 bits per heavy atom. The van der Waals surface area contributed by atoms with Gasteiger partial charge in [-0.3, -0.25) is 4.79 Å². The number of amides is 1. The molecule has 0 spiro atoms. The Morgan fingerprint density at radius 2 is 2.20 bits per heavy atom. The van der Waals surface area contributed by atoms with Crippen LogP contribution in [0.15, 0.2) is 24.3 Å². The van der Waals surface area contributed by atoms with Crippen LogP contribution in [0, 0.1) is 0 Å². The molecule has 5 heteroatoms. The number of aromatic hydroxyl groups is 1. The molecule has 1 amide bonds. The smallest absolute Gasteiger partial charge is 0.237 e. The molecule has 0 saturated carbocycles. The van der Waals surface area contributed by atoms with Crippen molar-refractivity contribution in [2.75, 3.05) is 6.61 Å². The highest BCUT2D eigenvalue weighted by molar-refractivity contribution is 5.82. The quantitative estimate of drug-likeness (QED) is 0.765. The third-order valence-electron chi connectivity index (χ3n) is 3.56. The molecule has 0 bridgehead atoms. The molecule has 0 aliphatic carbocycles. The molecule has 1 aromatic rings. The summed E-state index contributed by atoms with van der Waals surface area (Å²) in [4.78, 5) is 12.1. The van der Waals surface area contributed by atoms with Crippen molar-refractivity contribution in [3.63, 3.8) is 0 Å². The zero-order valence-electron chi connectivity index (χ0n) is 11.7. The van der Waals surface area contributed by atoms with E-state index in [-0.39, 0.29) is 23.8 Å². The normalized spacial score (nSPS) is 24.1.